The fourth-order valence-electron chi connectivity index (χ4n) is 4.89. The van der Waals surface area contributed by atoms with Gasteiger partial charge in [-0.2, -0.15) is 0 Å². The molecule has 0 aliphatic carbocycles. The van der Waals surface area contributed by atoms with Gasteiger partial charge in [-0.3, -0.25) is 19.7 Å². The van der Waals surface area contributed by atoms with E-state index in [1.807, 2.05) is 23.1 Å². The second kappa shape index (κ2) is 11.4. The van der Waals surface area contributed by atoms with E-state index < -0.39 is 0 Å². The van der Waals surface area contributed by atoms with Crippen LogP contribution in [-0.2, 0) is 25.5 Å². The first-order valence-electron chi connectivity index (χ1n) is 12.6. The molecule has 3 saturated heterocycles. The summed E-state index contributed by atoms with van der Waals surface area (Å²) in [4.78, 5) is 41.0. The topological polar surface area (TPSA) is 123 Å². The number of carbonyl (C=O) groups is 3. The van der Waals surface area contributed by atoms with Crippen molar-refractivity contribution in [3.8, 4) is 11.5 Å². The van der Waals surface area contributed by atoms with Gasteiger partial charge in [-0.25, -0.2) is 0 Å². The highest BCUT2D eigenvalue weighted by Gasteiger charge is 2.33. The van der Waals surface area contributed by atoms with Crippen LogP contribution in [0.1, 0.15) is 42.2 Å². The van der Waals surface area contributed by atoms with E-state index in [1.54, 1.807) is 12.0 Å². The standard InChI is InChI=1S/C25H31N5O6S/c1-34-19-5-4-16(10-20(19)36-18-6-9-35-15-18)17-11-23(32)30(13-17)14-21(31)26-25-28-27-22(37-25)12-24(33)29-7-2-3-8-29/h4-5,10,17-18H,2-3,6-9,11-15H2,1H3,(H,26,28,31)/t17-,18-/m1/s1. The van der Waals surface area contributed by atoms with Gasteiger partial charge in [0.05, 0.1) is 33.3 Å². The number of hydrogen-bond donors (Lipinski definition) is 1. The zero-order valence-electron chi connectivity index (χ0n) is 20.8. The van der Waals surface area contributed by atoms with E-state index in [4.69, 9.17) is 14.2 Å². The summed E-state index contributed by atoms with van der Waals surface area (Å²) in [6, 6.07) is 5.71. The van der Waals surface area contributed by atoms with E-state index in [-0.39, 0.29) is 42.7 Å². The average molecular weight is 530 g/mol. The minimum Gasteiger partial charge on any atom is -0.493 e. The minimum absolute atomic E-state index is 0.0197. The fourth-order valence-corrected chi connectivity index (χ4v) is 5.64. The fraction of sp³-hybridized carbons (Fsp3) is 0.560. The number of aromatic nitrogens is 2. The van der Waals surface area contributed by atoms with Gasteiger partial charge in [-0.1, -0.05) is 17.4 Å². The number of hydrogen-bond acceptors (Lipinski definition) is 9. The second-order valence-corrected chi connectivity index (χ2v) is 10.6. The summed E-state index contributed by atoms with van der Waals surface area (Å²) in [5, 5.41) is 11.6. The Morgan fingerprint density at radius 2 is 2.05 bits per heavy atom. The molecule has 5 rings (SSSR count). The van der Waals surface area contributed by atoms with Crippen LogP contribution in [0, 0.1) is 0 Å². The summed E-state index contributed by atoms with van der Waals surface area (Å²) in [5.41, 5.74) is 0.961. The molecule has 0 unspecified atom stereocenters. The van der Waals surface area contributed by atoms with Crippen LogP contribution in [0.15, 0.2) is 18.2 Å². The van der Waals surface area contributed by atoms with Gasteiger partial charge in [0.1, 0.15) is 11.1 Å². The molecule has 1 N–H and O–H groups in total. The van der Waals surface area contributed by atoms with Gasteiger partial charge < -0.3 is 24.0 Å². The van der Waals surface area contributed by atoms with Crippen LogP contribution in [0.2, 0.25) is 0 Å². The normalized spacial score (nSPS) is 21.5. The maximum atomic E-state index is 12.7. The number of amides is 3. The van der Waals surface area contributed by atoms with Gasteiger partial charge in [-0.15, -0.1) is 10.2 Å². The maximum Gasteiger partial charge on any atom is 0.245 e. The predicted molar refractivity (Wildman–Crippen MR) is 135 cm³/mol. The van der Waals surface area contributed by atoms with Crippen molar-refractivity contribution in [2.45, 2.75) is 44.1 Å². The number of carbonyl (C=O) groups excluding carboxylic acids is 3. The predicted octanol–water partition coefficient (Wildman–Crippen LogP) is 1.83. The maximum absolute atomic E-state index is 12.7. The highest BCUT2D eigenvalue weighted by Crippen LogP contribution is 2.36. The minimum atomic E-state index is -0.345. The van der Waals surface area contributed by atoms with Crippen LogP contribution in [0.4, 0.5) is 5.13 Å². The lowest BCUT2D eigenvalue weighted by Crippen LogP contribution is -2.34. The van der Waals surface area contributed by atoms with E-state index in [9.17, 15) is 14.4 Å². The van der Waals surface area contributed by atoms with Crippen molar-refractivity contribution < 1.29 is 28.6 Å². The lowest BCUT2D eigenvalue weighted by atomic mass is 9.98. The molecule has 3 aliphatic rings. The molecule has 3 aliphatic heterocycles. The quantitative estimate of drug-likeness (QED) is 0.522. The van der Waals surface area contributed by atoms with Crippen molar-refractivity contribution in [1.29, 1.82) is 0 Å². The number of benzene rings is 1. The van der Waals surface area contributed by atoms with Gasteiger partial charge >= 0.3 is 0 Å². The third kappa shape index (κ3) is 6.19. The Hall–Kier alpha value is -3.25. The Kier molecular flexibility index (Phi) is 7.85. The zero-order valence-corrected chi connectivity index (χ0v) is 21.6. The summed E-state index contributed by atoms with van der Waals surface area (Å²) in [6.45, 7) is 3.14. The molecule has 12 heteroatoms. The molecule has 0 saturated carbocycles. The Labute approximate surface area is 219 Å². The molecule has 1 aromatic heterocycles. The summed E-state index contributed by atoms with van der Waals surface area (Å²) >= 11 is 1.18. The molecule has 0 spiro atoms. The third-order valence-electron chi connectivity index (χ3n) is 6.86. The molecule has 11 nitrogen and oxygen atoms in total. The van der Waals surface area contributed by atoms with Crippen LogP contribution >= 0.6 is 11.3 Å². The van der Waals surface area contributed by atoms with Crippen LogP contribution < -0.4 is 14.8 Å². The van der Waals surface area contributed by atoms with E-state index in [1.165, 1.54) is 11.3 Å². The Morgan fingerprint density at radius 3 is 2.81 bits per heavy atom. The first-order chi connectivity index (χ1) is 18.0. The Morgan fingerprint density at radius 1 is 1.22 bits per heavy atom. The zero-order chi connectivity index (χ0) is 25.8. The van der Waals surface area contributed by atoms with Crippen molar-refractivity contribution in [3.63, 3.8) is 0 Å². The summed E-state index contributed by atoms with van der Waals surface area (Å²) in [7, 11) is 1.60. The molecule has 4 heterocycles. The molecule has 2 atom stereocenters. The molecule has 0 bridgehead atoms. The average Bonchev–Trinajstić information content (AvgIpc) is 3.69. The largest absolute Gasteiger partial charge is 0.493 e. The summed E-state index contributed by atoms with van der Waals surface area (Å²) < 4.78 is 16.9. The smallest absolute Gasteiger partial charge is 0.245 e. The Bertz CT molecular complexity index is 1140. The van der Waals surface area contributed by atoms with Crippen molar-refractivity contribution in [2.24, 2.45) is 0 Å². The lowest BCUT2D eigenvalue weighted by molar-refractivity contribution is -0.131. The molecule has 198 valence electrons. The number of methoxy groups -OCH3 is 1. The number of nitrogens with zero attached hydrogens (tertiary/aromatic N) is 4. The van der Waals surface area contributed by atoms with Crippen molar-refractivity contribution in [1.82, 2.24) is 20.0 Å². The molecule has 37 heavy (non-hydrogen) atoms. The summed E-state index contributed by atoms with van der Waals surface area (Å²) in [6.07, 6.45) is 3.36. The molecule has 3 amide bonds. The van der Waals surface area contributed by atoms with Crippen LogP contribution in [-0.4, -0.2) is 90.3 Å². The molecular formula is C25H31N5O6S. The molecular weight excluding hydrogens is 498 g/mol. The van der Waals surface area contributed by atoms with Crippen molar-refractivity contribution in [3.05, 3.63) is 28.8 Å². The third-order valence-corrected chi connectivity index (χ3v) is 7.70. The van der Waals surface area contributed by atoms with Crippen LogP contribution in [0.3, 0.4) is 0 Å². The summed E-state index contributed by atoms with van der Waals surface area (Å²) in [5.74, 6) is 0.811. The van der Waals surface area contributed by atoms with Gasteiger partial charge in [0.2, 0.25) is 22.9 Å². The molecule has 3 fully saturated rings. The Balaban J connectivity index is 1.15. The highest BCUT2D eigenvalue weighted by molar-refractivity contribution is 7.15. The SMILES string of the molecule is COc1ccc([C@@H]2CC(=O)N(CC(=O)Nc3nnc(CC(=O)N4CCCC4)s3)C2)cc1O[C@@H]1CCOC1. The number of anilines is 1. The lowest BCUT2D eigenvalue weighted by Gasteiger charge is -2.18. The number of nitrogens with one attached hydrogen (secondary N) is 1. The van der Waals surface area contributed by atoms with Gasteiger partial charge in [0, 0.05) is 38.4 Å². The van der Waals surface area contributed by atoms with Crippen LogP contribution in [0.25, 0.3) is 0 Å². The monoisotopic (exact) mass is 529 g/mol. The van der Waals surface area contributed by atoms with Gasteiger partial charge in [-0.05, 0) is 30.5 Å². The van der Waals surface area contributed by atoms with Gasteiger partial charge in [0.15, 0.2) is 11.5 Å². The first-order valence-corrected chi connectivity index (χ1v) is 13.4. The molecule has 2 aromatic rings. The number of likely N-dealkylation sites (tertiary alicyclic amines) is 2. The first kappa shape index (κ1) is 25.4. The van der Waals surface area contributed by atoms with E-state index >= 15 is 0 Å². The van der Waals surface area contributed by atoms with Crippen molar-refractivity contribution in [2.75, 3.05) is 51.8 Å². The molecule has 1 aromatic carbocycles. The number of ether oxygens (including phenoxy) is 3. The second-order valence-electron chi connectivity index (χ2n) is 9.50. The molecule has 0 radical (unpaired) electrons. The van der Waals surface area contributed by atoms with Gasteiger partial charge in [0.25, 0.3) is 0 Å². The highest BCUT2D eigenvalue weighted by atomic mass is 32.1. The van der Waals surface area contributed by atoms with Crippen molar-refractivity contribution >= 4 is 34.2 Å². The van der Waals surface area contributed by atoms with E-state index in [2.05, 4.69) is 15.5 Å². The van der Waals surface area contributed by atoms with E-state index in [0.29, 0.717) is 47.8 Å². The van der Waals surface area contributed by atoms with Crippen LogP contribution in [0.5, 0.6) is 11.5 Å². The van der Waals surface area contributed by atoms with E-state index in [0.717, 1.165) is 37.9 Å². The number of rotatable bonds is 9.